The maximum Gasteiger partial charge on any atom is 0.255 e. The molecule has 1 aliphatic heterocycles. The van der Waals surface area contributed by atoms with Gasteiger partial charge in [-0.3, -0.25) is 9.59 Å². The van der Waals surface area contributed by atoms with E-state index in [0.29, 0.717) is 23.5 Å². The van der Waals surface area contributed by atoms with Crippen molar-refractivity contribution < 1.29 is 9.59 Å². The van der Waals surface area contributed by atoms with Crippen LogP contribution in [-0.4, -0.2) is 71.1 Å². The van der Waals surface area contributed by atoms with Crippen LogP contribution in [0, 0.1) is 0 Å². The number of rotatable bonds is 10. The van der Waals surface area contributed by atoms with Crippen molar-refractivity contribution in [2.24, 2.45) is 5.73 Å². The Morgan fingerprint density at radius 1 is 1.07 bits per heavy atom. The molecule has 0 radical (unpaired) electrons. The molecule has 5 N–H and O–H groups in total. The molecule has 2 aromatic heterocycles. The summed E-state index contributed by atoms with van der Waals surface area (Å²) in [6.45, 7) is 6.61. The molecule has 44 heavy (non-hydrogen) atoms. The minimum Gasteiger partial charge on any atom is -0.355 e. The van der Waals surface area contributed by atoms with Crippen molar-refractivity contribution in [2.45, 2.75) is 38.6 Å². The summed E-state index contributed by atoms with van der Waals surface area (Å²) in [6.07, 6.45) is 7.21. The van der Waals surface area contributed by atoms with Gasteiger partial charge in [-0.15, -0.1) is 0 Å². The monoisotopic (exact) mass is 595 g/mol. The fraction of sp³-hybridized carbons (Fsp3) is 0.333. The molecule has 1 fully saturated rings. The smallest absolute Gasteiger partial charge is 0.255 e. The first kappa shape index (κ1) is 30.7. The van der Waals surface area contributed by atoms with Gasteiger partial charge >= 0.3 is 0 Å². The van der Waals surface area contributed by atoms with Crippen LogP contribution in [0.2, 0.25) is 0 Å². The molecule has 4 aromatic rings. The van der Waals surface area contributed by atoms with E-state index in [-0.39, 0.29) is 23.8 Å². The van der Waals surface area contributed by atoms with Gasteiger partial charge in [0.05, 0.1) is 6.20 Å². The minimum atomic E-state index is -0.255. The topological polar surface area (TPSA) is 133 Å². The highest BCUT2D eigenvalue weighted by Gasteiger charge is 2.21. The highest BCUT2D eigenvalue weighted by Crippen LogP contribution is 2.29. The van der Waals surface area contributed by atoms with Gasteiger partial charge < -0.3 is 31.5 Å². The summed E-state index contributed by atoms with van der Waals surface area (Å²) < 4.78 is 1.83. The summed E-state index contributed by atoms with van der Waals surface area (Å²) >= 11 is 0. The predicted molar refractivity (Wildman–Crippen MR) is 177 cm³/mol. The zero-order chi connectivity index (χ0) is 31.2. The van der Waals surface area contributed by atoms with Gasteiger partial charge in [0.1, 0.15) is 11.6 Å². The number of nitrogens with one attached hydrogen (secondary N) is 3. The van der Waals surface area contributed by atoms with E-state index in [1.807, 2.05) is 60.0 Å². The van der Waals surface area contributed by atoms with Crippen LogP contribution in [0.25, 0.3) is 5.65 Å². The van der Waals surface area contributed by atoms with Crippen LogP contribution in [0.15, 0.2) is 72.9 Å². The fourth-order valence-corrected chi connectivity index (χ4v) is 5.13. The molecule has 3 heterocycles. The summed E-state index contributed by atoms with van der Waals surface area (Å²) in [6, 6.07) is 16.5. The molecule has 1 unspecified atom stereocenters. The van der Waals surface area contributed by atoms with Gasteiger partial charge in [0.25, 0.3) is 5.91 Å². The third-order valence-electron chi connectivity index (χ3n) is 7.44. The first-order valence-electron chi connectivity index (χ1n) is 15.0. The van der Waals surface area contributed by atoms with Crippen molar-refractivity contribution in [1.82, 2.24) is 19.5 Å². The lowest BCUT2D eigenvalue weighted by atomic mass is 10.1. The van der Waals surface area contributed by atoms with E-state index in [1.54, 1.807) is 30.3 Å². The average Bonchev–Trinajstić information content (AvgIpc) is 3.42. The van der Waals surface area contributed by atoms with Crippen LogP contribution in [0.1, 0.15) is 48.5 Å². The number of likely N-dealkylation sites (N-methyl/N-ethyl adjacent to an activating group) is 1. The molecule has 0 aliphatic carbocycles. The van der Waals surface area contributed by atoms with Crippen molar-refractivity contribution in [3.63, 3.8) is 0 Å². The Kier molecular flexibility index (Phi) is 9.56. The Morgan fingerprint density at radius 3 is 2.57 bits per heavy atom. The predicted octanol–water partition coefficient (Wildman–Crippen LogP) is 4.83. The number of anilines is 5. The molecule has 0 bridgehead atoms. The van der Waals surface area contributed by atoms with Crippen LogP contribution in [-0.2, 0) is 4.79 Å². The molecule has 2 amide bonds. The number of hydrogen-bond donors (Lipinski definition) is 4. The molecule has 5 rings (SSSR count). The summed E-state index contributed by atoms with van der Waals surface area (Å²) in [4.78, 5) is 34.4. The largest absolute Gasteiger partial charge is 0.355 e. The van der Waals surface area contributed by atoms with Gasteiger partial charge in [-0.05, 0) is 75.3 Å². The molecule has 230 valence electrons. The van der Waals surface area contributed by atoms with Crippen LogP contribution in [0.3, 0.4) is 0 Å². The van der Waals surface area contributed by atoms with E-state index in [2.05, 4.69) is 39.8 Å². The Hall–Kier alpha value is -4.74. The number of piperidine rings is 1. The number of fused-ring (bicyclic) bond motifs is 1. The van der Waals surface area contributed by atoms with Crippen LogP contribution in [0.5, 0.6) is 0 Å². The molecule has 1 atom stereocenters. The number of aromatic nitrogens is 3. The molecule has 2 aromatic carbocycles. The number of hydrogen-bond acceptors (Lipinski definition) is 8. The van der Waals surface area contributed by atoms with Gasteiger partial charge in [0.15, 0.2) is 5.65 Å². The Labute approximate surface area is 258 Å². The second kappa shape index (κ2) is 13.7. The van der Waals surface area contributed by atoms with Crippen LogP contribution >= 0.6 is 0 Å². The first-order valence-corrected chi connectivity index (χ1v) is 15.0. The molecule has 1 saturated heterocycles. The number of carbonyl (C=O) groups excluding carboxylic acids is 2. The minimum absolute atomic E-state index is 0.123. The van der Waals surface area contributed by atoms with Crippen LogP contribution in [0.4, 0.5) is 28.7 Å². The summed E-state index contributed by atoms with van der Waals surface area (Å²) in [7, 11) is 3.87. The molecule has 0 spiro atoms. The molecule has 11 heteroatoms. The van der Waals surface area contributed by atoms with Crippen molar-refractivity contribution in [1.29, 1.82) is 0 Å². The summed E-state index contributed by atoms with van der Waals surface area (Å²) in [5.41, 5.74) is 10.7. The number of nitrogens with two attached hydrogens (primary N) is 1. The zero-order valence-corrected chi connectivity index (χ0v) is 25.7. The second-order valence-electron chi connectivity index (χ2n) is 11.7. The fourth-order valence-electron chi connectivity index (χ4n) is 5.13. The van der Waals surface area contributed by atoms with Gasteiger partial charge in [-0.25, -0.2) is 4.98 Å². The first-order chi connectivity index (χ1) is 21.2. The van der Waals surface area contributed by atoms with E-state index in [4.69, 9.17) is 10.7 Å². The Morgan fingerprint density at radius 2 is 1.84 bits per heavy atom. The van der Waals surface area contributed by atoms with E-state index >= 15 is 0 Å². The van der Waals surface area contributed by atoms with Crippen LogP contribution < -0.4 is 26.6 Å². The normalized spacial score (nSPS) is 15.3. The number of amides is 2. The molecule has 0 saturated carbocycles. The maximum atomic E-state index is 13.0. The van der Waals surface area contributed by atoms with E-state index < -0.39 is 0 Å². The van der Waals surface area contributed by atoms with E-state index in [0.717, 1.165) is 54.5 Å². The lowest BCUT2D eigenvalue weighted by molar-refractivity contribution is -0.111. The average molecular weight is 596 g/mol. The number of carbonyl (C=O) groups is 2. The van der Waals surface area contributed by atoms with Crippen molar-refractivity contribution in [3.8, 4) is 0 Å². The Bertz CT molecular complexity index is 1640. The van der Waals surface area contributed by atoms with E-state index in [9.17, 15) is 9.59 Å². The van der Waals surface area contributed by atoms with Crippen molar-refractivity contribution >= 4 is 46.2 Å². The summed E-state index contributed by atoms with van der Waals surface area (Å²) in [5, 5.41) is 13.9. The van der Waals surface area contributed by atoms with Gasteiger partial charge in [0, 0.05) is 66.0 Å². The second-order valence-corrected chi connectivity index (χ2v) is 11.7. The lowest BCUT2D eigenvalue weighted by Crippen LogP contribution is -2.43. The number of benzene rings is 2. The quantitative estimate of drug-likeness (QED) is 0.192. The van der Waals surface area contributed by atoms with Gasteiger partial charge in [-0.2, -0.15) is 9.61 Å². The SMILES string of the molecule is CC(C)c1cnn2c(Nc3cccc(NC(=O)c4ccc(NC(=O)/C=C/CN(C)C)cc4)c3)cc(N3CCCC(N)C3)nc12. The van der Waals surface area contributed by atoms with Gasteiger partial charge in [0.2, 0.25) is 5.91 Å². The maximum absolute atomic E-state index is 13.0. The number of nitrogens with zero attached hydrogens (tertiary/aromatic N) is 5. The lowest BCUT2D eigenvalue weighted by Gasteiger charge is -2.32. The van der Waals surface area contributed by atoms with Crippen molar-refractivity contribution in [3.05, 3.63) is 84.1 Å². The molecular formula is C33H41N9O2. The third kappa shape index (κ3) is 7.61. The summed E-state index contributed by atoms with van der Waals surface area (Å²) in [5.74, 6) is 1.43. The highest BCUT2D eigenvalue weighted by atomic mass is 16.2. The third-order valence-corrected chi connectivity index (χ3v) is 7.44. The molecule has 1 aliphatic rings. The zero-order valence-electron chi connectivity index (χ0n) is 25.7. The molecular weight excluding hydrogens is 554 g/mol. The van der Waals surface area contributed by atoms with E-state index in [1.165, 1.54) is 6.08 Å². The Balaban J connectivity index is 1.30. The van der Waals surface area contributed by atoms with Crippen molar-refractivity contribution in [2.75, 3.05) is 54.6 Å². The highest BCUT2D eigenvalue weighted by molar-refractivity contribution is 6.05. The molecule has 11 nitrogen and oxygen atoms in total. The standard InChI is InChI=1S/C33H41N9O2/c1-22(2)28-20-35-42-30(19-29(39-32(28)42)41-17-6-8-24(34)21-41)36-26-9-5-10-27(18-26)38-33(44)23-12-14-25(15-13-23)37-31(43)11-7-16-40(3)4/h5,7,9-15,18-20,22,24,36H,6,8,16-17,21,34H2,1-4H3,(H,37,43)(H,38,44)/b11-7+. The van der Waals surface area contributed by atoms with Gasteiger partial charge in [-0.1, -0.05) is 26.0 Å².